The van der Waals surface area contributed by atoms with Crippen LogP contribution in [-0.2, 0) is 17.6 Å². The van der Waals surface area contributed by atoms with Crippen molar-refractivity contribution >= 4 is 5.91 Å². The van der Waals surface area contributed by atoms with Crippen LogP contribution in [0.5, 0.6) is 0 Å². The lowest BCUT2D eigenvalue weighted by molar-refractivity contribution is -0.131. The Labute approximate surface area is 152 Å². The van der Waals surface area contributed by atoms with Gasteiger partial charge in [-0.3, -0.25) is 4.79 Å². The highest BCUT2D eigenvalue weighted by atomic mass is 16.2. The van der Waals surface area contributed by atoms with Gasteiger partial charge < -0.3 is 9.47 Å². The summed E-state index contributed by atoms with van der Waals surface area (Å²) in [6, 6.07) is 12.2. The van der Waals surface area contributed by atoms with Crippen LogP contribution in [0.2, 0.25) is 0 Å². The Hall–Kier alpha value is -2.96. The average Bonchev–Trinajstić information content (AvgIpc) is 3.37. The second-order valence-electron chi connectivity index (χ2n) is 6.79. The molecule has 7 heteroatoms. The van der Waals surface area contributed by atoms with Crippen molar-refractivity contribution in [2.45, 2.75) is 25.7 Å². The minimum Gasteiger partial charge on any atom is -0.342 e. The van der Waals surface area contributed by atoms with Gasteiger partial charge in [0.15, 0.2) is 5.82 Å². The molecule has 1 saturated heterocycles. The lowest BCUT2D eigenvalue weighted by atomic mass is 9.93. The monoisotopic (exact) mass is 350 g/mol. The molecular formula is C19H22N6O. The first-order valence-electron chi connectivity index (χ1n) is 9.00. The van der Waals surface area contributed by atoms with E-state index in [1.165, 1.54) is 0 Å². The van der Waals surface area contributed by atoms with Gasteiger partial charge in [0.05, 0.1) is 6.42 Å². The van der Waals surface area contributed by atoms with Crippen LogP contribution in [0, 0.1) is 5.92 Å². The van der Waals surface area contributed by atoms with Crippen LogP contribution in [0.25, 0.3) is 5.69 Å². The summed E-state index contributed by atoms with van der Waals surface area (Å²) in [6.07, 6.45) is 7.30. The third-order valence-corrected chi connectivity index (χ3v) is 5.02. The molecule has 0 spiro atoms. The maximum atomic E-state index is 12.6. The van der Waals surface area contributed by atoms with Crippen molar-refractivity contribution in [3.8, 4) is 5.69 Å². The van der Waals surface area contributed by atoms with E-state index >= 15 is 0 Å². The van der Waals surface area contributed by atoms with Crippen LogP contribution in [0.4, 0.5) is 0 Å². The first-order valence-corrected chi connectivity index (χ1v) is 9.00. The van der Waals surface area contributed by atoms with Gasteiger partial charge in [0.25, 0.3) is 0 Å². The van der Waals surface area contributed by atoms with Crippen molar-refractivity contribution in [1.29, 1.82) is 0 Å². The first kappa shape index (κ1) is 16.5. The molecule has 0 radical (unpaired) electrons. The standard InChI is InChI=1S/C19H22N6O/c26-19(14-15-3-5-17(6-4-15)24-9-1-2-10-24)25-11-7-16(8-12-25)13-18-20-22-23-21-18/h1-6,9-10,16H,7-8,11-14H2,(H,20,21,22,23). The van der Waals surface area contributed by atoms with Gasteiger partial charge in [0, 0.05) is 37.6 Å². The Morgan fingerprint density at radius 1 is 1.12 bits per heavy atom. The summed E-state index contributed by atoms with van der Waals surface area (Å²) < 4.78 is 2.06. The molecule has 1 aliphatic rings. The number of aromatic nitrogens is 5. The largest absolute Gasteiger partial charge is 0.342 e. The van der Waals surface area contributed by atoms with Crippen LogP contribution in [0.15, 0.2) is 48.8 Å². The molecule has 1 N–H and O–H groups in total. The molecule has 0 unspecified atom stereocenters. The van der Waals surface area contributed by atoms with Crippen LogP contribution in [0.1, 0.15) is 24.2 Å². The number of hydrogen-bond donors (Lipinski definition) is 1. The van der Waals surface area contributed by atoms with Gasteiger partial charge in [-0.1, -0.05) is 17.3 Å². The summed E-state index contributed by atoms with van der Waals surface area (Å²) in [5.41, 5.74) is 2.16. The summed E-state index contributed by atoms with van der Waals surface area (Å²) in [6.45, 7) is 1.62. The zero-order valence-electron chi connectivity index (χ0n) is 14.6. The fourth-order valence-corrected chi connectivity index (χ4v) is 3.49. The Morgan fingerprint density at radius 3 is 2.50 bits per heavy atom. The van der Waals surface area contributed by atoms with E-state index in [9.17, 15) is 4.79 Å². The van der Waals surface area contributed by atoms with Gasteiger partial charge in [0.2, 0.25) is 5.91 Å². The first-order chi connectivity index (χ1) is 12.8. The fourth-order valence-electron chi connectivity index (χ4n) is 3.49. The summed E-state index contributed by atoms with van der Waals surface area (Å²) in [5, 5.41) is 14.1. The van der Waals surface area contributed by atoms with E-state index in [0.717, 1.165) is 49.4 Å². The Bertz CT molecular complexity index is 818. The SMILES string of the molecule is O=C(Cc1ccc(-n2cccc2)cc1)N1CCC(Cc2nn[nH]n2)CC1. The molecule has 0 aliphatic carbocycles. The normalized spacial score (nSPS) is 15.3. The van der Waals surface area contributed by atoms with Crippen LogP contribution in [0.3, 0.4) is 0 Å². The number of benzene rings is 1. The third-order valence-electron chi connectivity index (χ3n) is 5.02. The van der Waals surface area contributed by atoms with E-state index < -0.39 is 0 Å². The highest BCUT2D eigenvalue weighted by Crippen LogP contribution is 2.21. The minimum atomic E-state index is 0.205. The fraction of sp³-hybridized carbons (Fsp3) is 0.368. The van der Waals surface area contributed by atoms with E-state index in [2.05, 4.69) is 37.3 Å². The predicted octanol–water partition coefficient (Wildman–Crippen LogP) is 2.01. The predicted molar refractivity (Wildman–Crippen MR) is 96.7 cm³/mol. The van der Waals surface area contributed by atoms with Crippen molar-refractivity contribution < 1.29 is 4.79 Å². The molecule has 0 atom stereocenters. The molecule has 1 fully saturated rings. The molecule has 1 aromatic carbocycles. The summed E-state index contributed by atoms with van der Waals surface area (Å²) in [4.78, 5) is 14.6. The summed E-state index contributed by atoms with van der Waals surface area (Å²) in [5.74, 6) is 1.49. The maximum absolute atomic E-state index is 12.6. The molecule has 2 aromatic heterocycles. The number of hydrogen-bond acceptors (Lipinski definition) is 4. The smallest absolute Gasteiger partial charge is 0.226 e. The topological polar surface area (TPSA) is 79.7 Å². The number of likely N-dealkylation sites (tertiary alicyclic amines) is 1. The highest BCUT2D eigenvalue weighted by molar-refractivity contribution is 5.78. The molecule has 4 rings (SSSR count). The number of nitrogens with one attached hydrogen (secondary N) is 1. The number of carbonyl (C=O) groups excluding carboxylic acids is 1. The number of aromatic amines is 1. The number of H-pyrrole nitrogens is 1. The third kappa shape index (κ3) is 3.82. The van der Waals surface area contributed by atoms with Crippen molar-refractivity contribution in [2.24, 2.45) is 5.92 Å². The molecule has 3 aromatic rings. The van der Waals surface area contributed by atoms with Crippen LogP contribution < -0.4 is 0 Å². The Morgan fingerprint density at radius 2 is 1.85 bits per heavy atom. The van der Waals surface area contributed by atoms with Gasteiger partial charge in [-0.25, -0.2) is 0 Å². The molecule has 1 aliphatic heterocycles. The zero-order chi connectivity index (χ0) is 17.8. The molecular weight excluding hydrogens is 328 g/mol. The number of piperidine rings is 1. The molecule has 3 heterocycles. The number of nitrogens with zero attached hydrogens (tertiary/aromatic N) is 5. The number of rotatable bonds is 5. The minimum absolute atomic E-state index is 0.205. The number of carbonyl (C=O) groups is 1. The number of tetrazole rings is 1. The van der Waals surface area contributed by atoms with Gasteiger partial charge >= 0.3 is 0 Å². The summed E-state index contributed by atoms with van der Waals surface area (Å²) in [7, 11) is 0. The second kappa shape index (κ2) is 7.51. The summed E-state index contributed by atoms with van der Waals surface area (Å²) >= 11 is 0. The average molecular weight is 350 g/mol. The van der Waals surface area contributed by atoms with Crippen LogP contribution in [-0.4, -0.2) is 49.1 Å². The van der Waals surface area contributed by atoms with Gasteiger partial charge in [-0.15, -0.1) is 10.2 Å². The van der Waals surface area contributed by atoms with Crippen molar-refractivity contribution in [1.82, 2.24) is 30.1 Å². The van der Waals surface area contributed by atoms with E-state index in [-0.39, 0.29) is 5.91 Å². The zero-order valence-corrected chi connectivity index (χ0v) is 14.6. The van der Waals surface area contributed by atoms with E-state index in [1.807, 2.05) is 41.6 Å². The molecule has 26 heavy (non-hydrogen) atoms. The highest BCUT2D eigenvalue weighted by Gasteiger charge is 2.23. The quantitative estimate of drug-likeness (QED) is 0.763. The van der Waals surface area contributed by atoms with Crippen molar-refractivity contribution in [3.05, 3.63) is 60.2 Å². The lowest BCUT2D eigenvalue weighted by Crippen LogP contribution is -2.39. The van der Waals surface area contributed by atoms with E-state index in [1.54, 1.807) is 0 Å². The van der Waals surface area contributed by atoms with Gasteiger partial charge in [0.1, 0.15) is 0 Å². The maximum Gasteiger partial charge on any atom is 0.226 e. The molecule has 0 saturated carbocycles. The molecule has 7 nitrogen and oxygen atoms in total. The lowest BCUT2D eigenvalue weighted by Gasteiger charge is -2.31. The van der Waals surface area contributed by atoms with Gasteiger partial charge in [-0.05, 0) is 48.6 Å². The molecule has 1 amide bonds. The van der Waals surface area contributed by atoms with Gasteiger partial charge in [-0.2, -0.15) is 5.21 Å². The van der Waals surface area contributed by atoms with Crippen molar-refractivity contribution in [3.63, 3.8) is 0 Å². The second-order valence-corrected chi connectivity index (χ2v) is 6.79. The Balaban J connectivity index is 1.28. The molecule has 134 valence electrons. The Kier molecular flexibility index (Phi) is 4.77. The van der Waals surface area contributed by atoms with E-state index in [0.29, 0.717) is 12.3 Å². The molecule has 0 bridgehead atoms. The van der Waals surface area contributed by atoms with Crippen LogP contribution >= 0.6 is 0 Å². The van der Waals surface area contributed by atoms with E-state index in [4.69, 9.17) is 0 Å². The van der Waals surface area contributed by atoms with Crippen molar-refractivity contribution in [2.75, 3.05) is 13.1 Å². The number of amides is 1.